The van der Waals surface area contributed by atoms with Crippen LogP contribution < -0.4 is 11.3 Å². The summed E-state index contributed by atoms with van der Waals surface area (Å²) in [5.41, 5.74) is -1.16. The van der Waals surface area contributed by atoms with Crippen LogP contribution in [0.5, 0.6) is 0 Å². The first kappa shape index (κ1) is 8.17. The minimum absolute atomic E-state index is 0.417. The van der Waals surface area contributed by atoms with Gasteiger partial charge in [0.25, 0.3) is 0 Å². The van der Waals surface area contributed by atoms with E-state index in [2.05, 4.69) is 4.42 Å². The highest BCUT2D eigenvalue weighted by atomic mass is 16.4. The Balaban J connectivity index is 2.86. The van der Waals surface area contributed by atoms with Gasteiger partial charge in [0.1, 0.15) is 0 Å². The molecule has 1 heterocycles. The van der Waals surface area contributed by atoms with Gasteiger partial charge in [-0.1, -0.05) is 18.2 Å². The van der Waals surface area contributed by atoms with E-state index in [1.54, 1.807) is 24.3 Å². The van der Waals surface area contributed by atoms with E-state index < -0.39 is 11.3 Å². The predicted octanol–water partition coefficient (Wildman–Crippen LogP) is 1.74. The first-order chi connectivity index (χ1) is 7.25. The average Bonchev–Trinajstić information content (AvgIpc) is 2.36. The van der Waals surface area contributed by atoms with Crippen LogP contribution >= 0.6 is 0 Å². The number of fused-ring (bicyclic) bond motifs is 1. The Kier molecular flexibility index (Phi) is 1.45. The molecule has 3 aromatic rings. The third-order valence-electron chi connectivity index (χ3n) is 2.52. The molecule has 0 spiro atoms. The Morgan fingerprint density at radius 1 is 0.800 bits per heavy atom. The molecule has 1 aromatic heterocycles. The van der Waals surface area contributed by atoms with Gasteiger partial charge in [-0.25, -0.2) is 9.59 Å². The zero-order valence-electron chi connectivity index (χ0n) is 7.69. The first-order valence-electron chi connectivity index (χ1n) is 4.55. The SMILES string of the molecule is O=c1oc(=O)c2cccc3ccc1cc32. The molecule has 3 nitrogen and oxygen atoms in total. The second kappa shape index (κ2) is 2.67. The van der Waals surface area contributed by atoms with Gasteiger partial charge in [0.05, 0.1) is 10.8 Å². The van der Waals surface area contributed by atoms with Crippen LogP contribution in [0.15, 0.2) is 50.4 Å². The minimum atomic E-state index is -0.585. The van der Waals surface area contributed by atoms with E-state index in [0.717, 1.165) is 10.8 Å². The molecule has 2 bridgehead atoms. The summed E-state index contributed by atoms with van der Waals surface area (Å²) in [6.07, 6.45) is 0. The van der Waals surface area contributed by atoms with Gasteiger partial charge < -0.3 is 4.42 Å². The molecule has 0 unspecified atom stereocenters. The summed E-state index contributed by atoms with van der Waals surface area (Å²) in [6.45, 7) is 0. The molecule has 0 amide bonds. The fraction of sp³-hybridized carbons (Fsp3) is 0. The van der Waals surface area contributed by atoms with Gasteiger partial charge in [0.2, 0.25) is 0 Å². The fourth-order valence-corrected chi connectivity index (χ4v) is 1.78. The lowest BCUT2D eigenvalue weighted by Crippen LogP contribution is -2.03. The first-order valence-corrected chi connectivity index (χ1v) is 4.55. The van der Waals surface area contributed by atoms with E-state index in [1.165, 1.54) is 0 Å². The maximum absolute atomic E-state index is 11.5. The lowest BCUT2D eigenvalue weighted by atomic mass is 10.1. The fourth-order valence-electron chi connectivity index (χ4n) is 1.78. The Morgan fingerprint density at radius 3 is 2.47 bits per heavy atom. The zero-order chi connectivity index (χ0) is 10.4. The van der Waals surface area contributed by atoms with Crippen molar-refractivity contribution in [3.8, 4) is 0 Å². The van der Waals surface area contributed by atoms with Crippen molar-refractivity contribution < 1.29 is 4.42 Å². The van der Waals surface area contributed by atoms with E-state index >= 15 is 0 Å². The van der Waals surface area contributed by atoms with Gasteiger partial charge in [-0.05, 0) is 29.0 Å². The molecule has 0 aliphatic carbocycles. The molecule has 0 radical (unpaired) electrons. The normalized spacial score (nSPS) is 11.2. The van der Waals surface area contributed by atoms with Crippen molar-refractivity contribution in [2.24, 2.45) is 0 Å². The summed E-state index contributed by atoms with van der Waals surface area (Å²) in [7, 11) is 0. The summed E-state index contributed by atoms with van der Waals surface area (Å²) >= 11 is 0. The predicted molar refractivity (Wildman–Crippen MR) is 57.4 cm³/mol. The van der Waals surface area contributed by atoms with Crippen molar-refractivity contribution in [3.05, 3.63) is 57.2 Å². The van der Waals surface area contributed by atoms with Gasteiger partial charge in [0, 0.05) is 0 Å². The molecule has 2 aromatic carbocycles. The highest BCUT2D eigenvalue weighted by Crippen LogP contribution is 2.19. The Labute approximate surface area is 83.9 Å². The quantitative estimate of drug-likeness (QED) is 0.552. The standard InChI is InChI=1S/C12H6O3/c13-11-8-5-4-7-2-1-3-9(10(7)6-8)12(14)15-11/h1-6H. The lowest BCUT2D eigenvalue weighted by molar-refractivity contribution is 0.491. The van der Waals surface area contributed by atoms with Crippen LogP contribution in [0.1, 0.15) is 0 Å². The van der Waals surface area contributed by atoms with Crippen molar-refractivity contribution in [2.75, 3.05) is 0 Å². The minimum Gasteiger partial charge on any atom is -0.386 e. The highest BCUT2D eigenvalue weighted by molar-refractivity contribution is 5.99. The van der Waals surface area contributed by atoms with Gasteiger partial charge in [-0.15, -0.1) is 0 Å². The lowest BCUT2D eigenvalue weighted by Gasteiger charge is -1.95. The highest BCUT2D eigenvalue weighted by Gasteiger charge is 2.05. The molecule has 3 rings (SSSR count). The smallest absolute Gasteiger partial charge is 0.346 e. The molecule has 0 aliphatic rings. The summed E-state index contributed by atoms with van der Waals surface area (Å²) in [4.78, 5) is 22.9. The topological polar surface area (TPSA) is 47.3 Å². The third kappa shape index (κ3) is 1.06. The molecule has 0 N–H and O–H groups in total. The molecular weight excluding hydrogens is 192 g/mol. The molecule has 0 saturated heterocycles. The Hall–Kier alpha value is -2.16. The summed E-state index contributed by atoms with van der Waals surface area (Å²) in [6, 6.07) is 10.5. The molecule has 15 heavy (non-hydrogen) atoms. The molecule has 0 atom stereocenters. The molecule has 3 heteroatoms. The Morgan fingerprint density at radius 2 is 1.60 bits per heavy atom. The van der Waals surface area contributed by atoms with Crippen LogP contribution in [-0.2, 0) is 0 Å². The second-order valence-corrected chi connectivity index (χ2v) is 3.42. The van der Waals surface area contributed by atoms with Gasteiger partial charge in [0.15, 0.2) is 0 Å². The van der Waals surface area contributed by atoms with Crippen molar-refractivity contribution in [1.29, 1.82) is 0 Å². The molecular formula is C12H6O3. The van der Waals surface area contributed by atoms with Gasteiger partial charge in [-0.2, -0.15) is 0 Å². The average molecular weight is 198 g/mol. The van der Waals surface area contributed by atoms with Crippen LogP contribution in [-0.4, -0.2) is 0 Å². The van der Waals surface area contributed by atoms with E-state index in [-0.39, 0.29) is 0 Å². The maximum Gasteiger partial charge on any atom is 0.346 e. The molecule has 72 valence electrons. The van der Waals surface area contributed by atoms with Gasteiger partial charge >= 0.3 is 11.3 Å². The largest absolute Gasteiger partial charge is 0.386 e. The zero-order valence-corrected chi connectivity index (χ0v) is 7.69. The van der Waals surface area contributed by atoms with E-state index in [4.69, 9.17) is 0 Å². The number of benzene rings is 2. The van der Waals surface area contributed by atoms with Crippen LogP contribution in [0.4, 0.5) is 0 Å². The van der Waals surface area contributed by atoms with Crippen molar-refractivity contribution >= 4 is 21.5 Å². The Bertz CT molecular complexity index is 755. The van der Waals surface area contributed by atoms with Crippen LogP contribution in [0, 0.1) is 0 Å². The number of hydrogen-bond donors (Lipinski definition) is 0. The van der Waals surface area contributed by atoms with Crippen LogP contribution in [0.3, 0.4) is 0 Å². The monoisotopic (exact) mass is 198 g/mol. The summed E-state index contributed by atoms with van der Waals surface area (Å²) in [5, 5.41) is 2.56. The third-order valence-corrected chi connectivity index (χ3v) is 2.52. The summed E-state index contributed by atoms with van der Waals surface area (Å²) in [5.74, 6) is 0. The van der Waals surface area contributed by atoms with Crippen LogP contribution in [0.25, 0.3) is 21.5 Å². The van der Waals surface area contributed by atoms with Crippen LogP contribution in [0.2, 0.25) is 0 Å². The van der Waals surface area contributed by atoms with Gasteiger partial charge in [-0.3, -0.25) is 0 Å². The molecule has 0 aliphatic heterocycles. The second-order valence-electron chi connectivity index (χ2n) is 3.42. The number of rotatable bonds is 0. The molecule has 0 fully saturated rings. The van der Waals surface area contributed by atoms with E-state index in [0.29, 0.717) is 10.8 Å². The van der Waals surface area contributed by atoms with E-state index in [1.807, 2.05) is 12.1 Å². The van der Waals surface area contributed by atoms with Crippen molar-refractivity contribution in [1.82, 2.24) is 0 Å². The number of hydrogen-bond acceptors (Lipinski definition) is 3. The maximum atomic E-state index is 11.5. The van der Waals surface area contributed by atoms with E-state index in [9.17, 15) is 9.59 Å². The van der Waals surface area contributed by atoms with Crippen molar-refractivity contribution in [3.63, 3.8) is 0 Å². The molecule has 0 saturated carbocycles. The summed E-state index contributed by atoms with van der Waals surface area (Å²) < 4.78 is 4.68. The van der Waals surface area contributed by atoms with Crippen molar-refractivity contribution in [2.45, 2.75) is 0 Å².